The highest BCUT2D eigenvalue weighted by Gasteiger charge is 2.68. The van der Waals surface area contributed by atoms with Crippen molar-refractivity contribution in [1.29, 1.82) is 0 Å². The van der Waals surface area contributed by atoms with Crippen molar-refractivity contribution in [3.8, 4) is 0 Å². The van der Waals surface area contributed by atoms with Gasteiger partial charge in [-0.3, -0.25) is 9.69 Å². The van der Waals surface area contributed by atoms with E-state index in [1.54, 1.807) is 12.0 Å². The van der Waals surface area contributed by atoms with Crippen LogP contribution in [0.15, 0.2) is 30.0 Å². The molecule has 6 nitrogen and oxygen atoms in total. The first-order valence-electron chi connectivity index (χ1n) is 12.9. The Labute approximate surface area is 213 Å². The molecule has 1 heterocycles. The molecule has 4 saturated carbocycles. The zero-order valence-corrected chi connectivity index (χ0v) is 22.0. The molecule has 1 atom stereocenters. The predicted molar refractivity (Wildman–Crippen MR) is 135 cm³/mol. The standard InChI is InChI=1S/C28H37ClN2O4/c1-17(2)18-11-19(12-18)22-6-5-20(13-23(22)29)26(3)21(7-10-35-4)14-31(25(34)30-26)28-9-8-27(15-28,16-28)24(32)33/h5-6,13-14,17-19H,7-12,15-16H2,1-4H3,(H,30,34)(H,32,33)/t18-,19+,26-,27?,28?/m0/s1. The van der Waals surface area contributed by atoms with Crippen molar-refractivity contribution in [3.05, 3.63) is 46.1 Å². The van der Waals surface area contributed by atoms with Gasteiger partial charge >= 0.3 is 12.0 Å². The van der Waals surface area contributed by atoms with Gasteiger partial charge in [0, 0.05) is 18.3 Å². The summed E-state index contributed by atoms with van der Waals surface area (Å²) in [4.78, 5) is 27.0. The van der Waals surface area contributed by atoms with Crippen LogP contribution in [0.25, 0.3) is 0 Å². The minimum atomic E-state index is -0.739. The summed E-state index contributed by atoms with van der Waals surface area (Å²) >= 11 is 6.82. The zero-order valence-electron chi connectivity index (χ0n) is 21.2. The number of nitrogens with one attached hydrogen (secondary N) is 1. The number of halogens is 1. The van der Waals surface area contributed by atoms with E-state index in [1.807, 2.05) is 19.2 Å². The lowest BCUT2D eigenvalue weighted by Crippen LogP contribution is -2.64. The summed E-state index contributed by atoms with van der Waals surface area (Å²) in [5.74, 6) is 1.23. The van der Waals surface area contributed by atoms with Crippen LogP contribution in [0.3, 0.4) is 0 Å². The topological polar surface area (TPSA) is 78.9 Å². The molecule has 0 spiro atoms. The number of nitrogens with zero attached hydrogens (tertiary/aromatic N) is 1. The molecule has 4 aliphatic carbocycles. The van der Waals surface area contributed by atoms with Crippen molar-refractivity contribution in [1.82, 2.24) is 10.2 Å². The van der Waals surface area contributed by atoms with E-state index in [1.165, 1.54) is 18.4 Å². The number of aliphatic carboxylic acids is 1. The van der Waals surface area contributed by atoms with Crippen LogP contribution >= 0.6 is 11.6 Å². The maximum absolute atomic E-state index is 13.5. The highest BCUT2D eigenvalue weighted by atomic mass is 35.5. The third-order valence-corrected chi connectivity index (χ3v) is 9.91. The minimum absolute atomic E-state index is 0.173. The lowest BCUT2D eigenvalue weighted by molar-refractivity contribution is -0.156. The number of carboxylic acids is 1. The average Bonchev–Trinajstić information content (AvgIpc) is 3.31. The molecule has 2 N–H and O–H groups in total. The summed E-state index contributed by atoms with van der Waals surface area (Å²) in [6.07, 6.45) is 7.37. The Morgan fingerprint density at radius 1 is 1.29 bits per heavy atom. The first-order valence-corrected chi connectivity index (χ1v) is 13.3. The van der Waals surface area contributed by atoms with Gasteiger partial charge in [-0.1, -0.05) is 37.6 Å². The van der Waals surface area contributed by atoms with E-state index in [2.05, 4.69) is 31.3 Å². The number of hydrogen-bond donors (Lipinski definition) is 2. The highest BCUT2D eigenvalue weighted by molar-refractivity contribution is 6.31. The van der Waals surface area contributed by atoms with Gasteiger partial charge in [0.25, 0.3) is 0 Å². The molecule has 1 aromatic carbocycles. The Balaban J connectivity index is 1.43. The molecule has 5 aliphatic rings. The number of methoxy groups -OCH3 is 1. The monoisotopic (exact) mass is 500 g/mol. The second kappa shape index (κ2) is 8.52. The molecule has 6 rings (SSSR count). The SMILES string of the molecule is COCCC1=CN(C23CCC(C(=O)O)(C2)C3)C(=O)N[C@@]1(C)c1ccc([C@H]2C[C@@H](C(C)C)C2)c(Cl)c1. The van der Waals surface area contributed by atoms with Gasteiger partial charge < -0.3 is 15.2 Å². The normalized spacial score (nSPS) is 35.9. The van der Waals surface area contributed by atoms with Crippen LogP contribution < -0.4 is 5.32 Å². The van der Waals surface area contributed by atoms with E-state index in [0.717, 1.165) is 28.5 Å². The van der Waals surface area contributed by atoms with Gasteiger partial charge in [0.15, 0.2) is 0 Å². The zero-order chi connectivity index (χ0) is 25.2. The number of rotatable bonds is 8. The predicted octanol–water partition coefficient (Wildman–Crippen LogP) is 6.05. The van der Waals surface area contributed by atoms with E-state index < -0.39 is 22.5 Å². The van der Waals surface area contributed by atoms with Crippen LogP contribution in [0.2, 0.25) is 5.02 Å². The summed E-state index contributed by atoms with van der Waals surface area (Å²) in [6, 6.07) is 6.09. The molecule has 35 heavy (non-hydrogen) atoms. The molecule has 4 fully saturated rings. The third-order valence-electron chi connectivity index (χ3n) is 9.58. The fraction of sp³-hybridized carbons (Fsp3) is 0.643. The van der Waals surface area contributed by atoms with Crippen LogP contribution in [0.1, 0.15) is 82.8 Å². The number of carboxylic acid groups (broad SMARTS) is 1. The smallest absolute Gasteiger partial charge is 0.322 e. The largest absolute Gasteiger partial charge is 0.481 e. The van der Waals surface area contributed by atoms with Crippen LogP contribution in [0, 0.1) is 17.3 Å². The number of fused-ring (bicyclic) bond motifs is 1. The molecule has 2 bridgehead atoms. The second-order valence-corrected chi connectivity index (χ2v) is 12.3. The highest BCUT2D eigenvalue weighted by Crippen LogP contribution is 2.64. The molecule has 2 amide bonds. The lowest BCUT2D eigenvalue weighted by Gasteiger charge is -2.53. The van der Waals surface area contributed by atoms with E-state index in [4.69, 9.17) is 16.3 Å². The molecular weight excluding hydrogens is 464 g/mol. The summed E-state index contributed by atoms with van der Waals surface area (Å²) in [5.41, 5.74) is 1.42. The number of urea groups is 1. The quantitative estimate of drug-likeness (QED) is 0.455. The molecule has 190 valence electrons. The van der Waals surface area contributed by atoms with Crippen LogP contribution in [0.4, 0.5) is 4.79 Å². The third kappa shape index (κ3) is 3.79. The van der Waals surface area contributed by atoms with Crippen molar-refractivity contribution < 1.29 is 19.4 Å². The number of amides is 2. The Morgan fingerprint density at radius 2 is 2.00 bits per heavy atom. The van der Waals surface area contributed by atoms with Gasteiger partial charge in [0.2, 0.25) is 0 Å². The Kier molecular flexibility index (Phi) is 5.99. The molecule has 1 aromatic rings. The fourth-order valence-electron chi connectivity index (χ4n) is 7.05. The summed E-state index contributed by atoms with van der Waals surface area (Å²) in [6.45, 7) is 7.13. The van der Waals surface area contributed by atoms with Crippen molar-refractivity contribution in [3.63, 3.8) is 0 Å². The van der Waals surface area contributed by atoms with Crippen molar-refractivity contribution in [2.24, 2.45) is 17.3 Å². The van der Waals surface area contributed by atoms with Gasteiger partial charge in [0.1, 0.15) is 0 Å². The number of hydrogen-bond acceptors (Lipinski definition) is 3. The molecule has 0 unspecified atom stereocenters. The van der Waals surface area contributed by atoms with Crippen molar-refractivity contribution in [2.75, 3.05) is 13.7 Å². The van der Waals surface area contributed by atoms with Crippen LogP contribution in [-0.2, 0) is 15.1 Å². The molecule has 0 saturated heterocycles. The van der Waals surface area contributed by atoms with E-state index in [-0.39, 0.29) is 6.03 Å². The van der Waals surface area contributed by atoms with Crippen molar-refractivity contribution >= 4 is 23.6 Å². The molecule has 1 aliphatic heterocycles. The average molecular weight is 501 g/mol. The van der Waals surface area contributed by atoms with Gasteiger partial charge in [-0.15, -0.1) is 0 Å². The summed E-state index contributed by atoms with van der Waals surface area (Å²) < 4.78 is 5.39. The first-order chi connectivity index (χ1) is 16.5. The molecule has 7 heteroatoms. The van der Waals surface area contributed by atoms with Gasteiger partial charge in [0.05, 0.1) is 23.1 Å². The maximum atomic E-state index is 13.5. The van der Waals surface area contributed by atoms with Crippen molar-refractivity contribution in [2.45, 2.75) is 82.7 Å². The Morgan fingerprint density at radius 3 is 2.57 bits per heavy atom. The number of carbonyl (C=O) groups is 2. The Hall–Kier alpha value is -2.05. The van der Waals surface area contributed by atoms with Gasteiger partial charge in [-0.25, -0.2) is 4.79 Å². The van der Waals surface area contributed by atoms with E-state index >= 15 is 0 Å². The van der Waals surface area contributed by atoms with Crippen LogP contribution in [-0.4, -0.2) is 41.3 Å². The molecular formula is C28H37ClN2O4. The van der Waals surface area contributed by atoms with Gasteiger partial charge in [-0.05, 0) is 92.4 Å². The summed E-state index contributed by atoms with van der Waals surface area (Å²) in [5, 5.41) is 13.7. The maximum Gasteiger partial charge on any atom is 0.322 e. The molecule has 0 aromatic heterocycles. The van der Waals surface area contributed by atoms with Gasteiger partial charge in [-0.2, -0.15) is 0 Å². The van der Waals surface area contributed by atoms with E-state index in [0.29, 0.717) is 44.1 Å². The molecule has 0 radical (unpaired) electrons. The first kappa shape index (κ1) is 24.6. The second-order valence-electron chi connectivity index (χ2n) is 11.9. The van der Waals surface area contributed by atoms with Crippen LogP contribution in [0.5, 0.6) is 0 Å². The van der Waals surface area contributed by atoms with E-state index in [9.17, 15) is 14.7 Å². The fourth-order valence-corrected chi connectivity index (χ4v) is 7.38. The number of carbonyl (C=O) groups excluding carboxylic acids is 1. The minimum Gasteiger partial charge on any atom is -0.481 e. The number of ether oxygens (including phenoxy) is 1. The Bertz CT molecular complexity index is 1070. The number of benzene rings is 1. The summed E-state index contributed by atoms with van der Waals surface area (Å²) in [7, 11) is 1.68. The lowest BCUT2D eigenvalue weighted by atomic mass is 9.64.